The molecule has 0 aliphatic carbocycles. The number of hydrogen-bond donors (Lipinski definition) is 0. The molecule has 3 aromatic carbocycles. The maximum Gasteiger partial charge on any atom is 0.339 e. The molecule has 160 valence electrons. The van der Waals surface area contributed by atoms with Gasteiger partial charge in [-0.3, -0.25) is 4.79 Å². The third-order valence-electron chi connectivity index (χ3n) is 5.39. The number of ether oxygens (including phenoxy) is 1. The lowest BCUT2D eigenvalue weighted by Crippen LogP contribution is -2.24. The number of ketones is 1. The van der Waals surface area contributed by atoms with Gasteiger partial charge in [0.1, 0.15) is 0 Å². The highest BCUT2D eigenvalue weighted by Crippen LogP contribution is 2.28. The van der Waals surface area contributed by atoms with E-state index in [-0.39, 0.29) is 5.78 Å². The Bertz CT molecular complexity index is 1310. The molecule has 0 aliphatic rings. The highest BCUT2D eigenvalue weighted by Gasteiger charge is 2.23. The highest BCUT2D eigenvalue weighted by atomic mass is 79.9. The van der Waals surface area contributed by atoms with Crippen LogP contribution in [0.4, 0.5) is 0 Å². The van der Waals surface area contributed by atoms with Gasteiger partial charge in [0.05, 0.1) is 16.8 Å². The Hall–Kier alpha value is -3.31. The molecule has 1 aromatic heterocycles. The molecule has 4 rings (SSSR count). The van der Waals surface area contributed by atoms with Gasteiger partial charge >= 0.3 is 5.97 Å². The molecule has 0 saturated carbocycles. The normalized spacial score (nSPS) is 11.9. The number of fused-ring (bicyclic) bond motifs is 1. The predicted molar refractivity (Wildman–Crippen MR) is 130 cm³/mol. The molecular formula is C27H22BrNO3. The summed E-state index contributed by atoms with van der Waals surface area (Å²) >= 11 is 3.44. The Morgan fingerprint density at radius 1 is 0.938 bits per heavy atom. The van der Waals surface area contributed by atoms with Crippen LogP contribution < -0.4 is 0 Å². The van der Waals surface area contributed by atoms with Crippen LogP contribution in [-0.4, -0.2) is 22.8 Å². The molecule has 4 nitrogen and oxygen atoms in total. The number of aryl methyl sites for hydroxylation is 2. The smallest absolute Gasteiger partial charge is 0.339 e. The summed E-state index contributed by atoms with van der Waals surface area (Å²) in [6.07, 6.45) is -0.908. The lowest BCUT2D eigenvalue weighted by molar-refractivity contribution is 0.0320. The molecule has 5 heteroatoms. The molecule has 0 saturated heterocycles. The monoisotopic (exact) mass is 487 g/mol. The van der Waals surface area contributed by atoms with Crippen molar-refractivity contribution in [3.63, 3.8) is 0 Å². The SMILES string of the molecule is Cc1ccc(C(=O)[C@@H](C)OC(=O)c2cc(-c3ccc(Br)cc3)nc3c(C)cccc23)cc1. The first kappa shape index (κ1) is 21.9. The first-order chi connectivity index (χ1) is 15.3. The largest absolute Gasteiger partial charge is 0.451 e. The standard InChI is InChI=1S/C27H22BrNO3/c1-16-7-9-20(10-8-16)26(30)18(3)32-27(31)23-15-24(19-11-13-21(28)14-12-19)29-25-17(2)5-4-6-22(23)25/h4-15,18H,1-3H3/t18-/m1/s1. The van der Waals surface area contributed by atoms with E-state index in [2.05, 4.69) is 15.9 Å². The van der Waals surface area contributed by atoms with Crippen molar-refractivity contribution >= 4 is 38.6 Å². The number of carbonyl (C=O) groups excluding carboxylic acids is 2. The fourth-order valence-corrected chi connectivity index (χ4v) is 3.82. The molecule has 4 aromatic rings. The Kier molecular flexibility index (Phi) is 6.19. The Balaban J connectivity index is 1.71. The molecule has 32 heavy (non-hydrogen) atoms. The topological polar surface area (TPSA) is 56.3 Å². The van der Waals surface area contributed by atoms with Crippen LogP contribution in [0.3, 0.4) is 0 Å². The lowest BCUT2D eigenvalue weighted by atomic mass is 10.0. The minimum atomic E-state index is -0.908. The number of carbonyl (C=O) groups is 2. The molecule has 0 radical (unpaired) electrons. The van der Waals surface area contributed by atoms with Crippen molar-refractivity contribution in [1.29, 1.82) is 0 Å². The minimum absolute atomic E-state index is 0.235. The molecular weight excluding hydrogens is 466 g/mol. The second kappa shape index (κ2) is 9.05. The number of aromatic nitrogens is 1. The zero-order valence-corrected chi connectivity index (χ0v) is 19.6. The average molecular weight is 488 g/mol. The summed E-state index contributed by atoms with van der Waals surface area (Å²) in [4.78, 5) is 30.8. The van der Waals surface area contributed by atoms with Crippen LogP contribution in [0.25, 0.3) is 22.2 Å². The summed E-state index contributed by atoms with van der Waals surface area (Å²) < 4.78 is 6.58. The van der Waals surface area contributed by atoms with Crippen molar-refractivity contribution in [2.45, 2.75) is 26.9 Å². The molecule has 0 aliphatic heterocycles. The van der Waals surface area contributed by atoms with Crippen LogP contribution in [0.15, 0.2) is 77.3 Å². The van der Waals surface area contributed by atoms with E-state index in [4.69, 9.17) is 9.72 Å². The van der Waals surface area contributed by atoms with Crippen LogP contribution in [0, 0.1) is 13.8 Å². The maximum atomic E-state index is 13.2. The van der Waals surface area contributed by atoms with Crippen LogP contribution in [0.1, 0.15) is 38.8 Å². The summed E-state index contributed by atoms with van der Waals surface area (Å²) in [5, 5.41) is 0.700. The summed E-state index contributed by atoms with van der Waals surface area (Å²) in [7, 11) is 0. The van der Waals surface area contributed by atoms with Crippen molar-refractivity contribution < 1.29 is 14.3 Å². The van der Waals surface area contributed by atoms with Crippen molar-refractivity contribution in [3.05, 3.63) is 99.5 Å². The van der Waals surface area contributed by atoms with Gasteiger partial charge in [0, 0.05) is 21.0 Å². The number of rotatable bonds is 5. The van der Waals surface area contributed by atoms with E-state index in [1.54, 1.807) is 25.1 Å². The summed E-state index contributed by atoms with van der Waals surface area (Å²) in [5.41, 5.74) is 5.21. The number of Topliss-reactive ketones (excluding diaryl/α,β-unsaturated/α-hetero) is 1. The third kappa shape index (κ3) is 4.48. The third-order valence-corrected chi connectivity index (χ3v) is 5.92. The van der Waals surface area contributed by atoms with E-state index in [0.29, 0.717) is 22.2 Å². The van der Waals surface area contributed by atoms with Gasteiger partial charge in [-0.2, -0.15) is 0 Å². The number of hydrogen-bond acceptors (Lipinski definition) is 4. The maximum absolute atomic E-state index is 13.2. The predicted octanol–water partition coefficient (Wildman–Crippen LogP) is 6.71. The second-order valence-electron chi connectivity index (χ2n) is 7.81. The van der Waals surface area contributed by atoms with E-state index >= 15 is 0 Å². The van der Waals surface area contributed by atoms with Crippen molar-refractivity contribution in [2.75, 3.05) is 0 Å². The first-order valence-corrected chi connectivity index (χ1v) is 11.1. The summed E-state index contributed by atoms with van der Waals surface area (Å²) in [6, 6.07) is 22.4. The number of esters is 1. The number of para-hydroxylation sites is 1. The van der Waals surface area contributed by atoms with Gasteiger partial charge in [-0.1, -0.05) is 76.1 Å². The van der Waals surface area contributed by atoms with Gasteiger partial charge in [0.2, 0.25) is 5.78 Å². The lowest BCUT2D eigenvalue weighted by Gasteiger charge is -2.15. The number of nitrogens with zero attached hydrogens (tertiary/aromatic N) is 1. The summed E-state index contributed by atoms with van der Waals surface area (Å²) in [6.45, 7) is 5.51. The van der Waals surface area contributed by atoms with Crippen LogP contribution in [-0.2, 0) is 4.74 Å². The Morgan fingerprint density at radius 2 is 1.62 bits per heavy atom. The van der Waals surface area contributed by atoms with Crippen molar-refractivity contribution in [3.8, 4) is 11.3 Å². The fraction of sp³-hybridized carbons (Fsp3) is 0.148. The van der Waals surface area contributed by atoms with Gasteiger partial charge in [-0.15, -0.1) is 0 Å². The van der Waals surface area contributed by atoms with Gasteiger partial charge in [0.15, 0.2) is 6.10 Å². The van der Waals surface area contributed by atoms with E-state index in [9.17, 15) is 9.59 Å². The fourth-order valence-electron chi connectivity index (χ4n) is 3.56. The van der Waals surface area contributed by atoms with Gasteiger partial charge in [-0.25, -0.2) is 9.78 Å². The Labute approximate surface area is 195 Å². The molecule has 0 amide bonds. The quantitative estimate of drug-likeness (QED) is 0.232. The van der Waals surface area contributed by atoms with E-state index < -0.39 is 12.1 Å². The molecule has 1 atom stereocenters. The number of benzene rings is 3. The van der Waals surface area contributed by atoms with Gasteiger partial charge < -0.3 is 4.74 Å². The van der Waals surface area contributed by atoms with Crippen molar-refractivity contribution in [1.82, 2.24) is 4.98 Å². The average Bonchev–Trinajstić information content (AvgIpc) is 2.79. The van der Waals surface area contributed by atoms with Crippen LogP contribution in [0.5, 0.6) is 0 Å². The zero-order chi connectivity index (χ0) is 22.8. The van der Waals surface area contributed by atoms with E-state index in [1.807, 2.05) is 68.4 Å². The van der Waals surface area contributed by atoms with Crippen molar-refractivity contribution in [2.24, 2.45) is 0 Å². The van der Waals surface area contributed by atoms with E-state index in [1.165, 1.54) is 0 Å². The molecule has 0 spiro atoms. The molecule has 0 unspecified atom stereocenters. The number of pyridine rings is 1. The van der Waals surface area contributed by atoms with Gasteiger partial charge in [-0.05, 0) is 44.5 Å². The van der Waals surface area contributed by atoms with Crippen LogP contribution >= 0.6 is 15.9 Å². The van der Waals surface area contributed by atoms with Gasteiger partial charge in [0.25, 0.3) is 0 Å². The highest BCUT2D eigenvalue weighted by molar-refractivity contribution is 9.10. The zero-order valence-electron chi connectivity index (χ0n) is 18.1. The second-order valence-corrected chi connectivity index (χ2v) is 8.73. The Morgan fingerprint density at radius 3 is 2.31 bits per heavy atom. The summed E-state index contributed by atoms with van der Waals surface area (Å²) in [5.74, 6) is -0.782. The molecule has 0 N–H and O–H groups in total. The van der Waals surface area contributed by atoms with Crippen LogP contribution in [0.2, 0.25) is 0 Å². The molecule has 1 heterocycles. The molecule has 0 fully saturated rings. The number of halogens is 1. The molecule has 0 bridgehead atoms. The minimum Gasteiger partial charge on any atom is -0.451 e. The van der Waals surface area contributed by atoms with E-state index in [0.717, 1.165) is 26.7 Å². The first-order valence-electron chi connectivity index (χ1n) is 10.3.